The van der Waals surface area contributed by atoms with Crippen molar-refractivity contribution >= 4 is 22.7 Å². The molecule has 1 aromatic carbocycles. The molecule has 0 saturated heterocycles. The molecule has 0 amide bonds. The summed E-state index contributed by atoms with van der Waals surface area (Å²) in [4.78, 5) is 21.2. The number of fused-ring (bicyclic) bond motifs is 1. The van der Waals surface area contributed by atoms with Crippen LogP contribution in [0.2, 0.25) is 0 Å². The molecule has 6 heteroatoms. The molecular weight excluding hydrogens is 270 g/mol. The van der Waals surface area contributed by atoms with Crippen molar-refractivity contribution in [2.45, 2.75) is 6.54 Å². The van der Waals surface area contributed by atoms with Gasteiger partial charge in [0.05, 0.1) is 18.3 Å². The van der Waals surface area contributed by atoms with Crippen LogP contribution in [-0.4, -0.2) is 28.1 Å². The molecule has 2 aromatic heterocycles. The van der Waals surface area contributed by atoms with Crippen molar-refractivity contribution in [3.05, 3.63) is 54.2 Å². The third-order valence-corrected chi connectivity index (χ3v) is 3.11. The first-order chi connectivity index (χ1) is 10.1. The van der Waals surface area contributed by atoms with Gasteiger partial charge in [0.15, 0.2) is 0 Å². The van der Waals surface area contributed by atoms with Crippen LogP contribution in [0.5, 0.6) is 0 Å². The van der Waals surface area contributed by atoms with Gasteiger partial charge in [0.1, 0.15) is 11.6 Å². The van der Waals surface area contributed by atoms with Gasteiger partial charge in [-0.05, 0) is 24.3 Å². The third-order valence-electron chi connectivity index (χ3n) is 3.11. The minimum atomic E-state index is -1.14. The SMILES string of the molecule is CN(Cc1ccco1)c1nc(C(=O)O)nc2ccccc12. The lowest BCUT2D eigenvalue weighted by Gasteiger charge is -2.18. The van der Waals surface area contributed by atoms with E-state index in [2.05, 4.69) is 9.97 Å². The molecule has 0 aliphatic heterocycles. The van der Waals surface area contributed by atoms with Gasteiger partial charge in [0.25, 0.3) is 0 Å². The Bertz CT molecular complexity index is 784. The van der Waals surface area contributed by atoms with Crippen LogP contribution in [0.4, 0.5) is 5.82 Å². The maximum atomic E-state index is 11.2. The number of benzene rings is 1. The summed E-state index contributed by atoms with van der Waals surface area (Å²) in [7, 11) is 1.84. The Kier molecular flexibility index (Phi) is 3.27. The quantitative estimate of drug-likeness (QED) is 0.792. The Balaban J connectivity index is 2.08. The van der Waals surface area contributed by atoms with E-state index < -0.39 is 5.97 Å². The fraction of sp³-hybridized carbons (Fsp3) is 0.133. The molecule has 0 radical (unpaired) electrons. The van der Waals surface area contributed by atoms with E-state index in [0.29, 0.717) is 17.9 Å². The highest BCUT2D eigenvalue weighted by atomic mass is 16.4. The van der Waals surface area contributed by atoms with E-state index >= 15 is 0 Å². The van der Waals surface area contributed by atoms with Crippen LogP contribution in [0.15, 0.2) is 47.1 Å². The number of carboxylic acid groups (broad SMARTS) is 1. The number of nitrogens with zero attached hydrogens (tertiary/aromatic N) is 3. The summed E-state index contributed by atoms with van der Waals surface area (Å²) < 4.78 is 5.31. The van der Waals surface area contributed by atoms with Crippen LogP contribution in [0, 0.1) is 0 Å². The second-order valence-electron chi connectivity index (χ2n) is 4.63. The fourth-order valence-corrected chi connectivity index (χ4v) is 2.16. The van der Waals surface area contributed by atoms with Crippen LogP contribution in [-0.2, 0) is 6.54 Å². The normalized spacial score (nSPS) is 10.7. The molecule has 0 fully saturated rings. The minimum absolute atomic E-state index is 0.213. The van der Waals surface area contributed by atoms with E-state index in [1.54, 1.807) is 12.3 Å². The van der Waals surface area contributed by atoms with E-state index in [0.717, 1.165) is 11.1 Å². The number of furan rings is 1. The Morgan fingerprint density at radius 1 is 1.24 bits per heavy atom. The molecule has 0 aliphatic rings. The van der Waals surface area contributed by atoms with Gasteiger partial charge >= 0.3 is 5.97 Å². The third kappa shape index (κ3) is 2.55. The highest BCUT2D eigenvalue weighted by Gasteiger charge is 2.16. The number of carbonyl (C=O) groups is 1. The summed E-state index contributed by atoms with van der Waals surface area (Å²) >= 11 is 0. The Morgan fingerprint density at radius 2 is 2.05 bits per heavy atom. The Labute approximate surface area is 120 Å². The molecule has 3 aromatic rings. The van der Waals surface area contributed by atoms with E-state index in [1.807, 2.05) is 42.3 Å². The zero-order valence-electron chi connectivity index (χ0n) is 11.4. The predicted molar refractivity (Wildman–Crippen MR) is 77.3 cm³/mol. The lowest BCUT2D eigenvalue weighted by atomic mass is 10.2. The second kappa shape index (κ2) is 5.24. The summed E-state index contributed by atoms with van der Waals surface area (Å²) in [5.74, 6) is -0.0186. The van der Waals surface area contributed by atoms with Crippen molar-refractivity contribution in [2.75, 3.05) is 11.9 Å². The summed E-state index contributed by atoms with van der Waals surface area (Å²) in [6, 6.07) is 11.0. The van der Waals surface area contributed by atoms with Crippen LogP contribution in [0.25, 0.3) is 10.9 Å². The van der Waals surface area contributed by atoms with Crippen LogP contribution in [0.3, 0.4) is 0 Å². The van der Waals surface area contributed by atoms with Gasteiger partial charge in [-0.2, -0.15) is 0 Å². The van der Waals surface area contributed by atoms with Gasteiger partial charge in [-0.25, -0.2) is 14.8 Å². The maximum absolute atomic E-state index is 11.2. The van der Waals surface area contributed by atoms with E-state index in [1.165, 1.54) is 0 Å². The highest BCUT2D eigenvalue weighted by Crippen LogP contribution is 2.24. The fourth-order valence-electron chi connectivity index (χ4n) is 2.16. The summed E-state index contributed by atoms with van der Waals surface area (Å²) in [5, 5.41) is 9.95. The number of hydrogen-bond acceptors (Lipinski definition) is 5. The van der Waals surface area contributed by atoms with Gasteiger partial charge in [-0.1, -0.05) is 12.1 Å². The number of anilines is 1. The Hall–Kier alpha value is -2.89. The summed E-state index contributed by atoms with van der Waals surface area (Å²) in [6.45, 7) is 0.493. The molecular formula is C15H13N3O3. The lowest BCUT2D eigenvalue weighted by Crippen LogP contribution is -2.19. The van der Waals surface area contributed by atoms with Gasteiger partial charge in [0, 0.05) is 12.4 Å². The molecule has 0 unspecified atom stereocenters. The van der Waals surface area contributed by atoms with Gasteiger partial charge in [-0.15, -0.1) is 0 Å². The summed E-state index contributed by atoms with van der Waals surface area (Å²) in [6.07, 6.45) is 1.60. The van der Waals surface area contributed by atoms with Crippen molar-refractivity contribution in [1.29, 1.82) is 0 Å². The van der Waals surface area contributed by atoms with Crippen molar-refractivity contribution < 1.29 is 14.3 Å². The maximum Gasteiger partial charge on any atom is 0.374 e. The predicted octanol–water partition coefficient (Wildman–Crippen LogP) is 2.56. The molecule has 0 spiro atoms. The van der Waals surface area contributed by atoms with Crippen LogP contribution >= 0.6 is 0 Å². The number of para-hydroxylation sites is 1. The summed E-state index contributed by atoms with van der Waals surface area (Å²) in [5.41, 5.74) is 0.603. The number of aromatic nitrogens is 2. The molecule has 3 rings (SSSR count). The van der Waals surface area contributed by atoms with Gasteiger partial charge < -0.3 is 14.4 Å². The van der Waals surface area contributed by atoms with Gasteiger partial charge in [0.2, 0.25) is 5.82 Å². The molecule has 1 N–H and O–H groups in total. The van der Waals surface area contributed by atoms with Crippen molar-refractivity contribution in [3.63, 3.8) is 0 Å². The zero-order valence-corrected chi connectivity index (χ0v) is 11.4. The van der Waals surface area contributed by atoms with Crippen molar-refractivity contribution in [3.8, 4) is 0 Å². The molecule has 0 aliphatic carbocycles. The van der Waals surface area contributed by atoms with Crippen molar-refractivity contribution in [1.82, 2.24) is 9.97 Å². The number of hydrogen-bond donors (Lipinski definition) is 1. The number of rotatable bonds is 4. The molecule has 0 bridgehead atoms. The van der Waals surface area contributed by atoms with E-state index in [9.17, 15) is 4.79 Å². The first-order valence-corrected chi connectivity index (χ1v) is 6.39. The van der Waals surface area contributed by atoms with Crippen molar-refractivity contribution in [2.24, 2.45) is 0 Å². The monoisotopic (exact) mass is 283 g/mol. The first kappa shape index (κ1) is 13.1. The van der Waals surface area contributed by atoms with Crippen LogP contribution < -0.4 is 4.90 Å². The lowest BCUT2D eigenvalue weighted by molar-refractivity contribution is 0.0684. The highest BCUT2D eigenvalue weighted by molar-refractivity contribution is 5.93. The average Bonchev–Trinajstić information content (AvgIpc) is 2.98. The molecule has 106 valence electrons. The Morgan fingerprint density at radius 3 is 2.76 bits per heavy atom. The number of carboxylic acids is 1. The molecule has 21 heavy (non-hydrogen) atoms. The molecule has 0 saturated carbocycles. The van der Waals surface area contributed by atoms with E-state index in [4.69, 9.17) is 9.52 Å². The second-order valence-corrected chi connectivity index (χ2v) is 4.63. The van der Waals surface area contributed by atoms with Crippen LogP contribution in [0.1, 0.15) is 16.4 Å². The van der Waals surface area contributed by atoms with E-state index in [-0.39, 0.29) is 5.82 Å². The standard InChI is InChI=1S/C15H13N3O3/c1-18(9-10-5-4-8-21-10)14-11-6-2-3-7-12(11)16-13(17-14)15(19)20/h2-8H,9H2,1H3,(H,19,20). The topological polar surface area (TPSA) is 79.5 Å². The zero-order chi connectivity index (χ0) is 14.8. The smallest absolute Gasteiger partial charge is 0.374 e. The first-order valence-electron chi connectivity index (χ1n) is 6.39. The number of aromatic carboxylic acids is 1. The van der Waals surface area contributed by atoms with Gasteiger partial charge in [-0.3, -0.25) is 0 Å². The molecule has 0 atom stereocenters. The molecule has 2 heterocycles. The molecule has 6 nitrogen and oxygen atoms in total. The minimum Gasteiger partial charge on any atom is -0.475 e. The largest absolute Gasteiger partial charge is 0.475 e. The average molecular weight is 283 g/mol.